The molecule has 0 aliphatic carbocycles. The highest BCUT2D eigenvalue weighted by Gasteiger charge is 2.20. The molecule has 0 radical (unpaired) electrons. The molecular formula is C9H16N4. The summed E-state index contributed by atoms with van der Waals surface area (Å²) in [7, 11) is 0. The number of anilines is 1. The van der Waals surface area contributed by atoms with E-state index in [1.165, 1.54) is 0 Å². The normalized spacial score (nSPS) is 11.7. The molecule has 0 atom stereocenters. The molecule has 0 fully saturated rings. The second-order valence-corrected chi connectivity index (χ2v) is 3.84. The van der Waals surface area contributed by atoms with Crippen molar-refractivity contribution >= 4 is 5.95 Å². The average Bonchev–Trinajstić information content (AvgIpc) is 2.02. The Labute approximate surface area is 78.4 Å². The lowest BCUT2D eigenvalue weighted by molar-refractivity contribution is 0.520. The van der Waals surface area contributed by atoms with Crippen molar-refractivity contribution in [3.8, 4) is 0 Å². The quantitative estimate of drug-likeness (QED) is 0.698. The van der Waals surface area contributed by atoms with Crippen LogP contribution < -0.4 is 11.5 Å². The molecule has 0 unspecified atom stereocenters. The maximum absolute atomic E-state index is 5.64. The third kappa shape index (κ3) is 2.15. The predicted molar refractivity (Wildman–Crippen MR) is 53.3 cm³/mol. The zero-order valence-electron chi connectivity index (χ0n) is 8.33. The Hall–Kier alpha value is -1.16. The van der Waals surface area contributed by atoms with Crippen LogP contribution in [-0.2, 0) is 5.41 Å². The Morgan fingerprint density at radius 3 is 2.46 bits per heavy atom. The first kappa shape index (κ1) is 9.92. The van der Waals surface area contributed by atoms with E-state index in [4.69, 9.17) is 11.5 Å². The number of hydrogen-bond acceptors (Lipinski definition) is 4. The van der Waals surface area contributed by atoms with E-state index in [0.717, 1.165) is 11.4 Å². The number of nitrogens with two attached hydrogens (primary N) is 2. The second-order valence-electron chi connectivity index (χ2n) is 3.84. The molecule has 1 rings (SSSR count). The molecule has 1 aromatic heterocycles. The van der Waals surface area contributed by atoms with Gasteiger partial charge in [0.1, 0.15) is 0 Å². The Morgan fingerprint density at radius 1 is 1.38 bits per heavy atom. The van der Waals surface area contributed by atoms with Crippen molar-refractivity contribution in [3.05, 3.63) is 17.5 Å². The van der Waals surface area contributed by atoms with Gasteiger partial charge in [0.25, 0.3) is 0 Å². The minimum absolute atomic E-state index is 0.137. The minimum atomic E-state index is -0.137. The van der Waals surface area contributed by atoms with Gasteiger partial charge in [-0.15, -0.1) is 0 Å². The van der Waals surface area contributed by atoms with E-state index in [1.54, 1.807) is 0 Å². The highest BCUT2D eigenvalue weighted by molar-refractivity contribution is 5.26. The van der Waals surface area contributed by atoms with Crippen molar-refractivity contribution in [3.63, 3.8) is 0 Å². The molecule has 0 saturated carbocycles. The van der Waals surface area contributed by atoms with Gasteiger partial charge in [0.15, 0.2) is 0 Å². The predicted octanol–water partition coefficient (Wildman–Crippen LogP) is 0.604. The topological polar surface area (TPSA) is 77.8 Å². The monoisotopic (exact) mass is 180 g/mol. The standard InChI is InChI=1S/C9H16N4/c1-6-4-7(9(2,3)5-10)13-8(11)12-6/h4H,5,10H2,1-3H3,(H2,11,12,13). The molecule has 0 aromatic carbocycles. The fourth-order valence-electron chi connectivity index (χ4n) is 1.04. The van der Waals surface area contributed by atoms with Gasteiger partial charge in [-0.3, -0.25) is 0 Å². The first-order valence-electron chi connectivity index (χ1n) is 4.27. The summed E-state index contributed by atoms with van der Waals surface area (Å²) in [5, 5.41) is 0. The zero-order chi connectivity index (χ0) is 10.1. The summed E-state index contributed by atoms with van der Waals surface area (Å²) in [5.41, 5.74) is 12.8. The molecule has 4 N–H and O–H groups in total. The summed E-state index contributed by atoms with van der Waals surface area (Å²) < 4.78 is 0. The van der Waals surface area contributed by atoms with E-state index in [0.29, 0.717) is 12.5 Å². The summed E-state index contributed by atoms with van der Waals surface area (Å²) in [5.74, 6) is 0.316. The molecule has 0 amide bonds. The lowest BCUT2D eigenvalue weighted by Gasteiger charge is -2.21. The second kappa shape index (κ2) is 3.30. The van der Waals surface area contributed by atoms with E-state index in [1.807, 2.05) is 26.8 Å². The third-order valence-corrected chi connectivity index (χ3v) is 2.08. The smallest absolute Gasteiger partial charge is 0.220 e. The van der Waals surface area contributed by atoms with Crippen LogP contribution in [0.25, 0.3) is 0 Å². The molecule has 1 aromatic rings. The number of aryl methyl sites for hydroxylation is 1. The first-order valence-corrected chi connectivity index (χ1v) is 4.27. The molecule has 0 aliphatic rings. The maximum Gasteiger partial charge on any atom is 0.220 e. The lowest BCUT2D eigenvalue weighted by Crippen LogP contribution is -2.29. The van der Waals surface area contributed by atoms with Gasteiger partial charge in [0.05, 0.1) is 5.69 Å². The van der Waals surface area contributed by atoms with Gasteiger partial charge in [-0.1, -0.05) is 13.8 Å². The van der Waals surface area contributed by atoms with Crippen LogP contribution in [0.15, 0.2) is 6.07 Å². The number of nitrogen functional groups attached to an aromatic ring is 1. The van der Waals surface area contributed by atoms with Crippen LogP contribution in [0.4, 0.5) is 5.95 Å². The van der Waals surface area contributed by atoms with Crippen molar-refractivity contribution < 1.29 is 0 Å². The molecule has 0 spiro atoms. The van der Waals surface area contributed by atoms with Gasteiger partial charge in [0.2, 0.25) is 5.95 Å². The Morgan fingerprint density at radius 2 is 2.00 bits per heavy atom. The van der Waals surface area contributed by atoms with Crippen molar-refractivity contribution in [2.75, 3.05) is 12.3 Å². The van der Waals surface area contributed by atoms with E-state index in [2.05, 4.69) is 9.97 Å². The van der Waals surface area contributed by atoms with Crippen LogP contribution in [0.1, 0.15) is 25.2 Å². The summed E-state index contributed by atoms with van der Waals surface area (Å²) in [6, 6.07) is 1.92. The SMILES string of the molecule is Cc1cc(C(C)(C)CN)nc(N)n1. The average molecular weight is 180 g/mol. The molecule has 0 saturated heterocycles. The van der Waals surface area contributed by atoms with Gasteiger partial charge < -0.3 is 11.5 Å². The molecule has 4 heteroatoms. The van der Waals surface area contributed by atoms with Crippen LogP contribution in [0, 0.1) is 6.92 Å². The van der Waals surface area contributed by atoms with E-state index < -0.39 is 0 Å². The van der Waals surface area contributed by atoms with Crippen LogP contribution in [0.2, 0.25) is 0 Å². The summed E-state index contributed by atoms with van der Waals surface area (Å²) >= 11 is 0. The van der Waals surface area contributed by atoms with Gasteiger partial charge >= 0.3 is 0 Å². The van der Waals surface area contributed by atoms with Crippen LogP contribution in [-0.4, -0.2) is 16.5 Å². The van der Waals surface area contributed by atoms with E-state index >= 15 is 0 Å². The maximum atomic E-state index is 5.64. The van der Waals surface area contributed by atoms with E-state index in [9.17, 15) is 0 Å². The van der Waals surface area contributed by atoms with E-state index in [-0.39, 0.29) is 5.41 Å². The number of aromatic nitrogens is 2. The van der Waals surface area contributed by atoms with Crippen molar-refractivity contribution in [2.45, 2.75) is 26.2 Å². The fourth-order valence-corrected chi connectivity index (χ4v) is 1.04. The van der Waals surface area contributed by atoms with Crippen LogP contribution in [0.5, 0.6) is 0 Å². The van der Waals surface area contributed by atoms with Crippen LogP contribution >= 0.6 is 0 Å². The molecule has 4 nitrogen and oxygen atoms in total. The number of nitrogens with zero attached hydrogens (tertiary/aromatic N) is 2. The Kier molecular flexibility index (Phi) is 2.52. The largest absolute Gasteiger partial charge is 0.368 e. The van der Waals surface area contributed by atoms with Crippen molar-refractivity contribution in [1.82, 2.24) is 9.97 Å². The Balaban J connectivity index is 3.15. The molecule has 72 valence electrons. The molecular weight excluding hydrogens is 164 g/mol. The van der Waals surface area contributed by atoms with Crippen LogP contribution in [0.3, 0.4) is 0 Å². The first-order chi connectivity index (χ1) is 5.95. The Bertz CT molecular complexity index is 286. The van der Waals surface area contributed by atoms with Crippen molar-refractivity contribution in [2.24, 2.45) is 5.73 Å². The highest BCUT2D eigenvalue weighted by atomic mass is 15.0. The summed E-state index contributed by atoms with van der Waals surface area (Å²) in [6.07, 6.45) is 0. The van der Waals surface area contributed by atoms with Gasteiger partial charge in [-0.2, -0.15) is 0 Å². The third-order valence-electron chi connectivity index (χ3n) is 2.08. The number of hydrogen-bond donors (Lipinski definition) is 2. The zero-order valence-corrected chi connectivity index (χ0v) is 8.33. The van der Waals surface area contributed by atoms with Gasteiger partial charge in [0, 0.05) is 17.7 Å². The molecule has 13 heavy (non-hydrogen) atoms. The molecule has 1 heterocycles. The minimum Gasteiger partial charge on any atom is -0.368 e. The summed E-state index contributed by atoms with van der Waals surface area (Å²) in [6.45, 7) is 6.51. The molecule has 0 aliphatic heterocycles. The van der Waals surface area contributed by atoms with Gasteiger partial charge in [-0.25, -0.2) is 9.97 Å². The fraction of sp³-hybridized carbons (Fsp3) is 0.556. The molecule has 0 bridgehead atoms. The van der Waals surface area contributed by atoms with Gasteiger partial charge in [-0.05, 0) is 13.0 Å². The highest BCUT2D eigenvalue weighted by Crippen LogP contribution is 2.20. The number of rotatable bonds is 2. The van der Waals surface area contributed by atoms with Crippen molar-refractivity contribution in [1.29, 1.82) is 0 Å². The summed E-state index contributed by atoms with van der Waals surface area (Å²) in [4.78, 5) is 8.17. The lowest BCUT2D eigenvalue weighted by atomic mass is 9.89.